The van der Waals surface area contributed by atoms with Gasteiger partial charge in [0.15, 0.2) is 21.3 Å². The predicted molar refractivity (Wildman–Crippen MR) is 96.3 cm³/mol. The average molecular weight is 363 g/mol. The summed E-state index contributed by atoms with van der Waals surface area (Å²) in [5.41, 5.74) is 0.788. The summed E-state index contributed by atoms with van der Waals surface area (Å²) in [5.74, 6) is 0.727. The number of sulfone groups is 1. The second kappa shape index (κ2) is 8.02. The van der Waals surface area contributed by atoms with E-state index in [9.17, 15) is 13.2 Å². The van der Waals surface area contributed by atoms with Gasteiger partial charge >= 0.3 is 0 Å². The number of ether oxygens (including phenoxy) is 2. The van der Waals surface area contributed by atoms with Crippen LogP contribution in [-0.4, -0.2) is 33.8 Å². The van der Waals surface area contributed by atoms with Crippen LogP contribution in [-0.2, 0) is 9.84 Å². The fourth-order valence-corrected chi connectivity index (χ4v) is 2.87. The highest BCUT2D eigenvalue weighted by atomic mass is 32.2. The summed E-state index contributed by atoms with van der Waals surface area (Å²) in [4.78, 5) is 12.5. The van der Waals surface area contributed by atoms with E-state index in [1.54, 1.807) is 24.3 Å². The Hall–Kier alpha value is -2.54. The first kappa shape index (κ1) is 18.8. The number of amides is 1. The maximum absolute atomic E-state index is 12.4. The normalized spacial score (nSPS) is 11.0. The maximum atomic E-state index is 12.4. The molecule has 0 unspecified atom stereocenters. The number of benzene rings is 2. The van der Waals surface area contributed by atoms with Crippen molar-refractivity contribution in [2.45, 2.75) is 18.7 Å². The SMILES string of the molecule is CCOc1ccc(NC(=O)c2cccc(S(C)(=O)=O)c2)cc1OCC. The van der Waals surface area contributed by atoms with Gasteiger partial charge in [-0.2, -0.15) is 0 Å². The Morgan fingerprint density at radius 3 is 2.32 bits per heavy atom. The van der Waals surface area contributed by atoms with Crippen LogP contribution in [0.15, 0.2) is 47.4 Å². The van der Waals surface area contributed by atoms with E-state index < -0.39 is 15.7 Å². The lowest BCUT2D eigenvalue weighted by Gasteiger charge is -2.13. The Balaban J connectivity index is 2.24. The summed E-state index contributed by atoms with van der Waals surface area (Å²) in [5, 5.41) is 2.74. The van der Waals surface area contributed by atoms with E-state index in [2.05, 4.69) is 5.32 Å². The summed E-state index contributed by atoms with van der Waals surface area (Å²) in [6.45, 7) is 4.70. The molecular formula is C18H21NO5S. The fourth-order valence-electron chi connectivity index (χ4n) is 2.20. The van der Waals surface area contributed by atoms with Crippen LogP contribution in [0, 0.1) is 0 Å². The van der Waals surface area contributed by atoms with Gasteiger partial charge in [-0.05, 0) is 44.2 Å². The van der Waals surface area contributed by atoms with E-state index in [1.807, 2.05) is 13.8 Å². The molecule has 0 saturated heterocycles. The molecule has 0 aliphatic heterocycles. The zero-order chi connectivity index (χ0) is 18.4. The molecule has 0 fully saturated rings. The predicted octanol–water partition coefficient (Wildman–Crippen LogP) is 3.14. The van der Waals surface area contributed by atoms with Crippen molar-refractivity contribution in [2.24, 2.45) is 0 Å². The lowest BCUT2D eigenvalue weighted by Crippen LogP contribution is -2.13. The molecule has 0 atom stereocenters. The number of carbonyl (C=O) groups excluding carboxylic acids is 1. The van der Waals surface area contributed by atoms with Crippen LogP contribution in [0.5, 0.6) is 11.5 Å². The largest absolute Gasteiger partial charge is 0.490 e. The van der Waals surface area contributed by atoms with Crippen molar-refractivity contribution in [1.29, 1.82) is 0 Å². The maximum Gasteiger partial charge on any atom is 0.255 e. The Morgan fingerprint density at radius 1 is 1.00 bits per heavy atom. The molecule has 2 rings (SSSR count). The summed E-state index contributed by atoms with van der Waals surface area (Å²) in [6.07, 6.45) is 1.10. The van der Waals surface area contributed by atoms with Crippen molar-refractivity contribution in [2.75, 3.05) is 24.8 Å². The lowest BCUT2D eigenvalue weighted by atomic mass is 10.2. The standard InChI is InChI=1S/C18H21NO5S/c1-4-23-16-10-9-14(12-17(16)24-5-2)19-18(20)13-7-6-8-15(11-13)25(3,21)22/h6-12H,4-5H2,1-3H3,(H,19,20). The Labute approximate surface area is 147 Å². The molecular weight excluding hydrogens is 342 g/mol. The van der Waals surface area contributed by atoms with E-state index in [4.69, 9.17) is 9.47 Å². The number of anilines is 1. The van der Waals surface area contributed by atoms with Crippen LogP contribution >= 0.6 is 0 Å². The van der Waals surface area contributed by atoms with E-state index in [-0.39, 0.29) is 10.5 Å². The monoisotopic (exact) mass is 363 g/mol. The van der Waals surface area contributed by atoms with Crippen LogP contribution in [0.25, 0.3) is 0 Å². The average Bonchev–Trinajstić information content (AvgIpc) is 2.57. The highest BCUT2D eigenvalue weighted by Crippen LogP contribution is 2.30. The van der Waals surface area contributed by atoms with Crippen LogP contribution in [0.3, 0.4) is 0 Å². The van der Waals surface area contributed by atoms with E-state index in [1.165, 1.54) is 18.2 Å². The van der Waals surface area contributed by atoms with Gasteiger partial charge in [-0.1, -0.05) is 6.07 Å². The van der Waals surface area contributed by atoms with Gasteiger partial charge < -0.3 is 14.8 Å². The molecule has 0 bridgehead atoms. The summed E-state index contributed by atoms with van der Waals surface area (Å²) in [7, 11) is -3.37. The molecule has 1 N–H and O–H groups in total. The zero-order valence-electron chi connectivity index (χ0n) is 14.4. The highest BCUT2D eigenvalue weighted by Gasteiger charge is 2.13. The first-order chi connectivity index (χ1) is 11.8. The van der Waals surface area contributed by atoms with E-state index >= 15 is 0 Å². The van der Waals surface area contributed by atoms with Crippen LogP contribution < -0.4 is 14.8 Å². The first-order valence-corrected chi connectivity index (χ1v) is 9.75. The molecule has 1 amide bonds. The fraction of sp³-hybridized carbons (Fsp3) is 0.278. The number of hydrogen-bond donors (Lipinski definition) is 1. The molecule has 6 nitrogen and oxygen atoms in total. The van der Waals surface area contributed by atoms with Crippen molar-refractivity contribution >= 4 is 21.4 Å². The molecule has 134 valence electrons. The van der Waals surface area contributed by atoms with Gasteiger partial charge in [0.25, 0.3) is 5.91 Å². The summed E-state index contributed by atoms with van der Waals surface area (Å²) in [6, 6.07) is 11.0. The molecule has 0 spiro atoms. The second-order valence-corrected chi connectivity index (χ2v) is 7.30. The second-order valence-electron chi connectivity index (χ2n) is 5.28. The van der Waals surface area contributed by atoms with E-state index in [0.29, 0.717) is 30.4 Å². The highest BCUT2D eigenvalue weighted by molar-refractivity contribution is 7.90. The molecule has 2 aromatic rings. The quantitative estimate of drug-likeness (QED) is 0.817. The van der Waals surface area contributed by atoms with Gasteiger partial charge in [0, 0.05) is 23.6 Å². The minimum atomic E-state index is -3.37. The zero-order valence-corrected chi connectivity index (χ0v) is 15.2. The van der Waals surface area contributed by atoms with Crippen LogP contribution in [0.4, 0.5) is 5.69 Å². The van der Waals surface area contributed by atoms with Gasteiger partial charge in [0.1, 0.15) is 0 Å². The number of rotatable bonds is 7. The summed E-state index contributed by atoms with van der Waals surface area (Å²) < 4.78 is 34.2. The lowest BCUT2D eigenvalue weighted by molar-refractivity contribution is 0.102. The molecule has 2 aromatic carbocycles. The van der Waals surface area contributed by atoms with Gasteiger partial charge in [0.05, 0.1) is 18.1 Å². The molecule has 0 radical (unpaired) electrons. The van der Waals surface area contributed by atoms with Crippen molar-refractivity contribution in [3.05, 3.63) is 48.0 Å². The van der Waals surface area contributed by atoms with Gasteiger partial charge in [0.2, 0.25) is 0 Å². The third-order valence-electron chi connectivity index (χ3n) is 3.33. The summed E-state index contributed by atoms with van der Waals surface area (Å²) >= 11 is 0. The molecule has 0 aromatic heterocycles. The molecule has 0 aliphatic carbocycles. The van der Waals surface area contributed by atoms with Crippen LogP contribution in [0.1, 0.15) is 24.2 Å². The van der Waals surface area contributed by atoms with E-state index in [0.717, 1.165) is 6.26 Å². The Bertz CT molecular complexity index is 862. The Kier molecular flexibility index (Phi) is 6.03. The smallest absolute Gasteiger partial charge is 0.255 e. The molecule has 25 heavy (non-hydrogen) atoms. The minimum absolute atomic E-state index is 0.0989. The first-order valence-electron chi connectivity index (χ1n) is 7.86. The molecule has 0 heterocycles. The van der Waals surface area contributed by atoms with Crippen molar-refractivity contribution < 1.29 is 22.7 Å². The van der Waals surface area contributed by atoms with Crippen molar-refractivity contribution in [1.82, 2.24) is 0 Å². The molecule has 0 saturated carbocycles. The van der Waals surface area contributed by atoms with Gasteiger partial charge in [-0.3, -0.25) is 4.79 Å². The third-order valence-corrected chi connectivity index (χ3v) is 4.44. The number of carbonyl (C=O) groups is 1. The van der Waals surface area contributed by atoms with Gasteiger partial charge in [-0.15, -0.1) is 0 Å². The van der Waals surface area contributed by atoms with Gasteiger partial charge in [-0.25, -0.2) is 8.42 Å². The number of nitrogens with one attached hydrogen (secondary N) is 1. The van der Waals surface area contributed by atoms with Crippen LogP contribution in [0.2, 0.25) is 0 Å². The number of hydrogen-bond acceptors (Lipinski definition) is 5. The van der Waals surface area contributed by atoms with Crippen molar-refractivity contribution in [3.8, 4) is 11.5 Å². The third kappa shape index (κ3) is 4.96. The van der Waals surface area contributed by atoms with Crippen molar-refractivity contribution in [3.63, 3.8) is 0 Å². The molecule has 7 heteroatoms. The molecule has 0 aliphatic rings. The topological polar surface area (TPSA) is 81.7 Å². The Morgan fingerprint density at radius 2 is 1.68 bits per heavy atom. The minimum Gasteiger partial charge on any atom is -0.490 e.